The number of amides is 1. The van der Waals surface area contributed by atoms with E-state index < -0.39 is 0 Å². The largest absolute Gasteiger partial charge is 0.507 e. The van der Waals surface area contributed by atoms with Crippen molar-refractivity contribution in [2.45, 2.75) is 19.8 Å². The van der Waals surface area contributed by atoms with Crippen molar-refractivity contribution < 1.29 is 9.90 Å². The molecular formula is C14H18N2O2S. The summed E-state index contributed by atoms with van der Waals surface area (Å²) >= 11 is 4.98. The number of piperidine rings is 1. The molecule has 0 aliphatic carbocycles. The first-order chi connectivity index (χ1) is 8.99. The summed E-state index contributed by atoms with van der Waals surface area (Å²) in [6.07, 6.45) is 1.60. The molecule has 3 N–H and O–H groups in total. The Hall–Kier alpha value is -1.62. The number of benzene rings is 1. The van der Waals surface area contributed by atoms with Crippen LogP contribution >= 0.6 is 12.2 Å². The first-order valence-electron chi connectivity index (χ1n) is 6.37. The minimum Gasteiger partial charge on any atom is -0.507 e. The van der Waals surface area contributed by atoms with Gasteiger partial charge >= 0.3 is 0 Å². The number of phenols is 1. The van der Waals surface area contributed by atoms with Crippen LogP contribution in [0, 0.1) is 12.8 Å². The summed E-state index contributed by atoms with van der Waals surface area (Å²) in [5, 5.41) is 9.84. The molecule has 1 amide bonds. The maximum absolute atomic E-state index is 12.3. The highest BCUT2D eigenvalue weighted by atomic mass is 32.1. The molecule has 1 aliphatic rings. The number of aryl methyl sites for hydroxylation is 1. The van der Waals surface area contributed by atoms with Crippen molar-refractivity contribution in [2.24, 2.45) is 11.7 Å². The summed E-state index contributed by atoms with van der Waals surface area (Å²) in [7, 11) is 0. The predicted molar refractivity (Wildman–Crippen MR) is 78.3 cm³/mol. The van der Waals surface area contributed by atoms with E-state index in [1.807, 2.05) is 13.0 Å². The Labute approximate surface area is 118 Å². The van der Waals surface area contributed by atoms with Crippen molar-refractivity contribution >= 4 is 23.1 Å². The fraction of sp³-hybridized carbons (Fsp3) is 0.429. The van der Waals surface area contributed by atoms with Crippen LogP contribution in [0.2, 0.25) is 0 Å². The number of carbonyl (C=O) groups excluding carboxylic acids is 1. The molecule has 0 bridgehead atoms. The number of hydrogen-bond donors (Lipinski definition) is 2. The zero-order valence-electron chi connectivity index (χ0n) is 10.9. The van der Waals surface area contributed by atoms with E-state index in [0.717, 1.165) is 18.4 Å². The molecule has 1 aliphatic heterocycles. The molecule has 0 spiro atoms. The Morgan fingerprint density at radius 1 is 1.42 bits per heavy atom. The summed E-state index contributed by atoms with van der Waals surface area (Å²) in [5.41, 5.74) is 6.92. The van der Waals surface area contributed by atoms with Gasteiger partial charge in [-0.15, -0.1) is 0 Å². The van der Waals surface area contributed by atoms with Gasteiger partial charge in [0.25, 0.3) is 5.91 Å². The zero-order valence-corrected chi connectivity index (χ0v) is 11.7. The number of carbonyl (C=O) groups is 1. The molecule has 1 aromatic carbocycles. The number of nitrogens with two attached hydrogens (primary N) is 1. The SMILES string of the molecule is Cc1ccc(C(=O)N2CCC(C(N)=S)CC2)c(O)c1. The van der Waals surface area contributed by atoms with Crippen LogP contribution in [0.4, 0.5) is 0 Å². The molecule has 0 atom stereocenters. The van der Waals surface area contributed by atoms with Gasteiger partial charge < -0.3 is 15.7 Å². The average Bonchev–Trinajstić information content (AvgIpc) is 2.38. The van der Waals surface area contributed by atoms with Crippen LogP contribution in [-0.2, 0) is 0 Å². The van der Waals surface area contributed by atoms with E-state index in [9.17, 15) is 9.90 Å². The van der Waals surface area contributed by atoms with Gasteiger partial charge in [-0.05, 0) is 37.5 Å². The Morgan fingerprint density at radius 3 is 2.58 bits per heavy atom. The van der Waals surface area contributed by atoms with Crippen LogP contribution in [0.1, 0.15) is 28.8 Å². The molecule has 0 saturated carbocycles. The lowest BCUT2D eigenvalue weighted by atomic mass is 9.96. The normalized spacial score (nSPS) is 16.4. The maximum atomic E-state index is 12.3. The zero-order chi connectivity index (χ0) is 14.0. The lowest BCUT2D eigenvalue weighted by Gasteiger charge is -2.31. The van der Waals surface area contributed by atoms with Gasteiger partial charge in [-0.1, -0.05) is 18.3 Å². The van der Waals surface area contributed by atoms with E-state index in [1.54, 1.807) is 17.0 Å². The number of thiocarbonyl (C=S) groups is 1. The van der Waals surface area contributed by atoms with E-state index in [0.29, 0.717) is 23.6 Å². The van der Waals surface area contributed by atoms with Crippen molar-refractivity contribution in [3.8, 4) is 5.75 Å². The number of likely N-dealkylation sites (tertiary alicyclic amines) is 1. The highest BCUT2D eigenvalue weighted by molar-refractivity contribution is 7.80. The van der Waals surface area contributed by atoms with Crippen LogP contribution in [0.3, 0.4) is 0 Å². The summed E-state index contributed by atoms with van der Waals surface area (Å²) in [6, 6.07) is 5.11. The second-order valence-electron chi connectivity index (χ2n) is 4.99. The summed E-state index contributed by atoms with van der Waals surface area (Å²) in [6.45, 7) is 3.14. The molecule has 4 nitrogen and oxygen atoms in total. The lowest BCUT2D eigenvalue weighted by molar-refractivity contribution is 0.0707. The molecule has 102 valence electrons. The van der Waals surface area contributed by atoms with Gasteiger partial charge in [0, 0.05) is 19.0 Å². The molecule has 0 aromatic heterocycles. The smallest absolute Gasteiger partial charge is 0.257 e. The second-order valence-corrected chi connectivity index (χ2v) is 5.46. The van der Waals surface area contributed by atoms with E-state index in [4.69, 9.17) is 18.0 Å². The first-order valence-corrected chi connectivity index (χ1v) is 6.78. The van der Waals surface area contributed by atoms with E-state index in [-0.39, 0.29) is 17.6 Å². The Morgan fingerprint density at radius 2 is 2.05 bits per heavy atom. The van der Waals surface area contributed by atoms with Crippen LogP contribution in [-0.4, -0.2) is 34.0 Å². The van der Waals surface area contributed by atoms with Gasteiger partial charge in [0.05, 0.1) is 10.6 Å². The van der Waals surface area contributed by atoms with E-state index in [2.05, 4.69) is 0 Å². The first kappa shape index (κ1) is 13.8. The molecular weight excluding hydrogens is 260 g/mol. The monoisotopic (exact) mass is 278 g/mol. The number of hydrogen-bond acceptors (Lipinski definition) is 3. The summed E-state index contributed by atoms with van der Waals surface area (Å²) in [4.78, 5) is 14.6. The molecule has 0 radical (unpaired) electrons. The lowest BCUT2D eigenvalue weighted by Crippen LogP contribution is -2.41. The molecule has 1 saturated heterocycles. The minimum absolute atomic E-state index is 0.0430. The van der Waals surface area contributed by atoms with Crippen LogP contribution in [0.5, 0.6) is 5.75 Å². The van der Waals surface area contributed by atoms with Crippen LogP contribution in [0.25, 0.3) is 0 Å². The Kier molecular flexibility index (Phi) is 4.04. The fourth-order valence-corrected chi connectivity index (χ4v) is 2.60. The van der Waals surface area contributed by atoms with Gasteiger partial charge in [-0.25, -0.2) is 0 Å². The molecule has 1 aromatic rings. The van der Waals surface area contributed by atoms with Crippen molar-refractivity contribution in [3.05, 3.63) is 29.3 Å². The Balaban J connectivity index is 2.07. The number of aromatic hydroxyl groups is 1. The van der Waals surface area contributed by atoms with E-state index in [1.165, 1.54) is 0 Å². The standard InChI is InChI=1S/C14H18N2O2S/c1-9-2-3-11(12(17)8-9)14(18)16-6-4-10(5-7-16)13(15)19/h2-3,8,10,17H,4-7H2,1H3,(H2,15,19). The predicted octanol–water partition coefficient (Wildman–Crippen LogP) is 1.84. The quantitative estimate of drug-likeness (QED) is 0.810. The fourth-order valence-electron chi connectivity index (χ4n) is 2.36. The van der Waals surface area contributed by atoms with Crippen molar-refractivity contribution in [1.29, 1.82) is 0 Å². The molecule has 2 rings (SSSR count). The highest BCUT2D eigenvalue weighted by Gasteiger charge is 2.26. The highest BCUT2D eigenvalue weighted by Crippen LogP contribution is 2.24. The van der Waals surface area contributed by atoms with Gasteiger partial charge in [-0.3, -0.25) is 4.79 Å². The van der Waals surface area contributed by atoms with Gasteiger partial charge in [0.15, 0.2) is 0 Å². The van der Waals surface area contributed by atoms with Crippen LogP contribution < -0.4 is 5.73 Å². The summed E-state index contributed by atoms with van der Waals surface area (Å²) < 4.78 is 0. The third kappa shape index (κ3) is 3.04. The van der Waals surface area contributed by atoms with Crippen molar-refractivity contribution in [3.63, 3.8) is 0 Å². The molecule has 0 unspecified atom stereocenters. The second kappa shape index (κ2) is 5.57. The molecule has 1 heterocycles. The maximum Gasteiger partial charge on any atom is 0.257 e. The Bertz CT molecular complexity index is 508. The third-order valence-corrected chi connectivity index (χ3v) is 3.90. The third-order valence-electron chi connectivity index (χ3n) is 3.57. The number of phenolic OH excluding ortho intramolecular Hbond substituents is 1. The minimum atomic E-state index is -0.126. The van der Waals surface area contributed by atoms with E-state index >= 15 is 0 Å². The molecule has 5 heteroatoms. The molecule has 19 heavy (non-hydrogen) atoms. The van der Waals surface area contributed by atoms with Gasteiger partial charge in [-0.2, -0.15) is 0 Å². The van der Waals surface area contributed by atoms with Crippen LogP contribution in [0.15, 0.2) is 18.2 Å². The van der Waals surface area contributed by atoms with Crippen molar-refractivity contribution in [2.75, 3.05) is 13.1 Å². The summed E-state index contributed by atoms with van der Waals surface area (Å²) in [5.74, 6) is 0.144. The van der Waals surface area contributed by atoms with Gasteiger partial charge in [0.2, 0.25) is 0 Å². The average molecular weight is 278 g/mol. The number of rotatable bonds is 2. The number of nitrogens with zero attached hydrogens (tertiary/aromatic N) is 1. The van der Waals surface area contributed by atoms with Crippen molar-refractivity contribution in [1.82, 2.24) is 4.90 Å². The van der Waals surface area contributed by atoms with Gasteiger partial charge in [0.1, 0.15) is 5.75 Å². The molecule has 1 fully saturated rings. The topological polar surface area (TPSA) is 66.6 Å².